The van der Waals surface area contributed by atoms with Crippen LogP contribution >= 0.6 is 11.6 Å². The number of hydrogen-bond acceptors (Lipinski definition) is 4. The highest BCUT2D eigenvalue weighted by Crippen LogP contribution is 2.22. The molecule has 5 aromatic rings. The molecule has 0 spiro atoms. The normalized spacial score (nSPS) is 11.1. The molecule has 0 saturated heterocycles. The second-order valence-corrected chi connectivity index (χ2v) is 7.55. The van der Waals surface area contributed by atoms with Gasteiger partial charge in [0.1, 0.15) is 11.1 Å². The standard InChI is InChI=1S/C24H16ClN3O3/c25-18-6-2-1-5-15(18)11-14-9-10-21-16(12-14)13-17(23(30)31-21)22(29)28-24-26-19-7-3-4-8-20(19)27-24/h1-10,12-13H,11H2,(H2,26,27,28,29). The van der Waals surface area contributed by atoms with Crippen molar-refractivity contribution in [2.45, 2.75) is 6.42 Å². The first kappa shape index (κ1) is 19.1. The number of amides is 1. The smallest absolute Gasteiger partial charge is 0.349 e. The first-order chi connectivity index (χ1) is 15.1. The molecule has 31 heavy (non-hydrogen) atoms. The van der Waals surface area contributed by atoms with Crippen LogP contribution in [-0.2, 0) is 6.42 Å². The Balaban J connectivity index is 1.46. The van der Waals surface area contributed by atoms with Crippen LogP contribution in [0.3, 0.4) is 0 Å². The maximum atomic E-state index is 12.7. The molecule has 0 saturated carbocycles. The lowest BCUT2D eigenvalue weighted by Gasteiger charge is -2.07. The molecule has 2 aromatic heterocycles. The SMILES string of the molecule is O=C(Nc1nc2ccccc2[nH]1)c1cc2cc(Cc3ccccc3Cl)ccc2oc1=O. The minimum Gasteiger partial charge on any atom is -0.422 e. The molecule has 0 unspecified atom stereocenters. The van der Waals surface area contributed by atoms with E-state index >= 15 is 0 Å². The molecule has 2 heterocycles. The Hall–Kier alpha value is -3.90. The van der Waals surface area contributed by atoms with Crippen molar-refractivity contribution >= 4 is 45.5 Å². The van der Waals surface area contributed by atoms with Crippen molar-refractivity contribution in [3.63, 3.8) is 0 Å². The molecule has 1 amide bonds. The summed E-state index contributed by atoms with van der Waals surface area (Å²) < 4.78 is 5.37. The van der Waals surface area contributed by atoms with Gasteiger partial charge in [-0.25, -0.2) is 9.78 Å². The van der Waals surface area contributed by atoms with Crippen molar-refractivity contribution in [2.75, 3.05) is 5.32 Å². The summed E-state index contributed by atoms with van der Waals surface area (Å²) in [5, 5.41) is 3.97. The number of rotatable bonds is 4. The molecule has 5 rings (SSSR count). The summed E-state index contributed by atoms with van der Waals surface area (Å²) in [4.78, 5) is 32.4. The largest absolute Gasteiger partial charge is 0.422 e. The van der Waals surface area contributed by atoms with Crippen LogP contribution in [0.15, 0.2) is 82.0 Å². The summed E-state index contributed by atoms with van der Waals surface area (Å²) in [7, 11) is 0. The zero-order valence-corrected chi connectivity index (χ0v) is 16.9. The van der Waals surface area contributed by atoms with E-state index in [0.717, 1.165) is 16.6 Å². The van der Waals surface area contributed by atoms with E-state index in [2.05, 4.69) is 15.3 Å². The van der Waals surface area contributed by atoms with Gasteiger partial charge >= 0.3 is 5.63 Å². The summed E-state index contributed by atoms with van der Waals surface area (Å²) in [6.07, 6.45) is 0.620. The third-order valence-corrected chi connectivity index (χ3v) is 5.38. The quantitative estimate of drug-likeness (QED) is 0.386. The van der Waals surface area contributed by atoms with Crippen LogP contribution in [0.2, 0.25) is 5.02 Å². The van der Waals surface area contributed by atoms with Crippen LogP contribution in [-0.4, -0.2) is 15.9 Å². The number of carbonyl (C=O) groups excluding carboxylic acids is 1. The second kappa shape index (κ2) is 7.74. The molecule has 0 aliphatic carbocycles. The molecule has 7 heteroatoms. The molecule has 0 aliphatic heterocycles. The Morgan fingerprint density at radius 2 is 1.84 bits per heavy atom. The van der Waals surface area contributed by atoms with Gasteiger partial charge in [0.05, 0.1) is 11.0 Å². The highest BCUT2D eigenvalue weighted by Gasteiger charge is 2.16. The summed E-state index contributed by atoms with van der Waals surface area (Å²) in [5.74, 6) is -0.329. The number of hydrogen-bond donors (Lipinski definition) is 2. The van der Waals surface area contributed by atoms with Gasteiger partial charge in [-0.3, -0.25) is 10.1 Å². The zero-order valence-electron chi connectivity index (χ0n) is 16.2. The fourth-order valence-electron chi connectivity index (χ4n) is 3.49. The van der Waals surface area contributed by atoms with Gasteiger partial charge in [-0.2, -0.15) is 0 Å². The van der Waals surface area contributed by atoms with E-state index in [9.17, 15) is 9.59 Å². The molecular formula is C24H16ClN3O3. The van der Waals surface area contributed by atoms with E-state index in [0.29, 0.717) is 27.9 Å². The van der Waals surface area contributed by atoms with Crippen molar-refractivity contribution in [2.24, 2.45) is 0 Å². The van der Waals surface area contributed by atoms with Gasteiger partial charge in [-0.15, -0.1) is 0 Å². The fraction of sp³-hybridized carbons (Fsp3) is 0.0417. The number of aromatic amines is 1. The Bertz CT molecular complexity index is 1470. The highest BCUT2D eigenvalue weighted by molar-refractivity contribution is 6.31. The second-order valence-electron chi connectivity index (χ2n) is 7.14. The minimum absolute atomic E-state index is 0.0946. The zero-order chi connectivity index (χ0) is 21.4. The number of aromatic nitrogens is 2. The monoisotopic (exact) mass is 429 g/mol. The van der Waals surface area contributed by atoms with Crippen molar-refractivity contribution < 1.29 is 9.21 Å². The maximum absolute atomic E-state index is 12.7. The third-order valence-electron chi connectivity index (χ3n) is 5.01. The van der Waals surface area contributed by atoms with Gasteiger partial charge in [0.15, 0.2) is 0 Å². The van der Waals surface area contributed by atoms with E-state index < -0.39 is 11.5 Å². The van der Waals surface area contributed by atoms with Crippen molar-refractivity contribution in [3.8, 4) is 0 Å². The van der Waals surface area contributed by atoms with Crippen LogP contribution in [0.25, 0.3) is 22.0 Å². The van der Waals surface area contributed by atoms with Gasteiger partial charge in [0, 0.05) is 10.4 Å². The number of fused-ring (bicyclic) bond motifs is 2. The molecule has 0 bridgehead atoms. The topological polar surface area (TPSA) is 88.0 Å². The first-order valence-electron chi connectivity index (χ1n) is 9.63. The van der Waals surface area contributed by atoms with E-state index in [-0.39, 0.29) is 11.5 Å². The molecule has 0 atom stereocenters. The number of imidazole rings is 1. The number of H-pyrrole nitrogens is 1. The van der Waals surface area contributed by atoms with Crippen molar-refractivity contribution in [1.82, 2.24) is 9.97 Å². The number of para-hydroxylation sites is 2. The molecule has 0 aliphatic rings. The van der Waals surface area contributed by atoms with Gasteiger partial charge in [0.25, 0.3) is 5.91 Å². The summed E-state index contributed by atoms with van der Waals surface area (Å²) in [5.41, 5.74) is 3.08. The van der Waals surface area contributed by atoms with Crippen molar-refractivity contribution in [1.29, 1.82) is 0 Å². The first-order valence-corrected chi connectivity index (χ1v) is 10.0. The molecule has 0 fully saturated rings. The summed E-state index contributed by atoms with van der Waals surface area (Å²) >= 11 is 6.26. The Labute approximate surface area is 181 Å². The fourth-order valence-corrected chi connectivity index (χ4v) is 3.69. The number of carbonyl (C=O) groups is 1. The number of nitrogens with zero attached hydrogens (tertiary/aromatic N) is 1. The minimum atomic E-state index is -0.708. The van der Waals surface area contributed by atoms with Crippen LogP contribution < -0.4 is 10.9 Å². The third kappa shape index (κ3) is 3.81. The van der Waals surface area contributed by atoms with Gasteiger partial charge < -0.3 is 9.40 Å². The van der Waals surface area contributed by atoms with E-state index in [4.69, 9.17) is 16.0 Å². The van der Waals surface area contributed by atoms with Crippen LogP contribution in [0, 0.1) is 0 Å². The highest BCUT2D eigenvalue weighted by atomic mass is 35.5. The molecule has 0 radical (unpaired) electrons. The molecular weight excluding hydrogens is 414 g/mol. The average Bonchev–Trinajstić information content (AvgIpc) is 3.17. The average molecular weight is 430 g/mol. The van der Waals surface area contributed by atoms with E-state index in [1.165, 1.54) is 6.07 Å². The number of halogens is 1. The number of nitrogens with one attached hydrogen (secondary N) is 2. The van der Waals surface area contributed by atoms with Gasteiger partial charge in [0.2, 0.25) is 5.95 Å². The molecule has 2 N–H and O–H groups in total. The lowest BCUT2D eigenvalue weighted by atomic mass is 10.0. The van der Waals surface area contributed by atoms with Crippen LogP contribution in [0.5, 0.6) is 0 Å². The van der Waals surface area contributed by atoms with Gasteiger partial charge in [-0.1, -0.05) is 48.0 Å². The molecule has 3 aromatic carbocycles. The lowest BCUT2D eigenvalue weighted by Crippen LogP contribution is -2.21. The molecule has 6 nitrogen and oxygen atoms in total. The summed E-state index contributed by atoms with van der Waals surface area (Å²) in [6, 6.07) is 22.0. The van der Waals surface area contributed by atoms with Crippen LogP contribution in [0.1, 0.15) is 21.5 Å². The van der Waals surface area contributed by atoms with Crippen LogP contribution in [0.4, 0.5) is 5.95 Å². The van der Waals surface area contributed by atoms with Gasteiger partial charge in [-0.05, 0) is 53.9 Å². The summed E-state index contributed by atoms with van der Waals surface area (Å²) in [6.45, 7) is 0. The Morgan fingerprint density at radius 1 is 1.03 bits per heavy atom. The maximum Gasteiger partial charge on any atom is 0.349 e. The Kier molecular flexibility index (Phi) is 4.76. The van der Waals surface area contributed by atoms with Crippen molar-refractivity contribution in [3.05, 3.63) is 105 Å². The van der Waals surface area contributed by atoms with E-state index in [1.807, 2.05) is 60.7 Å². The lowest BCUT2D eigenvalue weighted by molar-refractivity contribution is 0.102. The number of anilines is 1. The predicted octanol–water partition coefficient (Wildman–Crippen LogP) is 5.17. The molecule has 152 valence electrons. The Morgan fingerprint density at radius 3 is 2.68 bits per heavy atom. The van der Waals surface area contributed by atoms with E-state index in [1.54, 1.807) is 6.07 Å². The predicted molar refractivity (Wildman–Crippen MR) is 121 cm³/mol. The number of benzene rings is 3.